The number of carbonyl (C=O) groups is 1. The van der Waals surface area contributed by atoms with E-state index in [1.807, 2.05) is 4.90 Å². The van der Waals surface area contributed by atoms with Crippen molar-refractivity contribution in [2.24, 2.45) is 11.7 Å². The molecule has 1 unspecified atom stereocenters. The first-order valence-electron chi connectivity index (χ1n) is 6.76. The SMILES string of the molecule is CCCOCCC(=O)N1CCC(C(C)N)CC1. The summed E-state index contributed by atoms with van der Waals surface area (Å²) < 4.78 is 5.34. The van der Waals surface area contributed by atoms with Crippen molar-refractivity contribution in [3.63, 3.8) is 0 Å². The number of rotatable bonds is 6. The van der Waals surface area contributed by atoms with Crippen LogP contribution in [0.1, 0.15) is 39.5 Å². The molecule has 4 nitrogen and oxygen atoms in total. The fraction of sp³-hybridized carbons (Fsp3) is 0.923. The molecule has 0 saturated carbocycles. The van der Waals surface area contributed by atoms with Gasteiger partial charge in [-0.25, -0.2) is 0 Å². The van der Waals surface area contributed by atoms with Gasteiger partial charge in [0.15, 0.2) is 0 Å². The van der Waals surface area contributed by atoms with Crippen molar-refractivity contribution in [2.75, 3.05) is 26.3 Å². The highest BCUT2D eigenvalue weighted by Crippen LogP contribution is 2.19. The number of nitrogens with two attached hydrogens (primary N) is 1. The smallest absolute Gasteiger partial charge is 0.224 e. The second-order valence-corrected chi connectivity index (χ2v) is 4.94. The molecule has 0 bridgehead atoms. The van der Waals surface area contributed by atoms with Gasteiger partial charge in [-0.1, -0.05) is 6.92 Å². The number of ether oxygens (including phenoxy) is 1. The van der Waals surface area contributed by atoms with Crippen LogP contribution < -0.4 is 5.73 Å². The topological polar surface area (TPSA) is 55.6 Å². The first-order valence-corrected chi connectivity index (χ1v) is 6.76. The number of hydrogen-bond donors (Lipinski definition) is 1. The molecule has 1 aliphatic rings. The lowest BCUT2D eigenvalue weighted by atomic mass is 9.91. The zero-order valence-electron chi connectivity index (χ0n) is 11.2. The van der Waals surface area contributed by atoms with E-state index in [-0.39, 0.29) is 11.9 Å². The normalized spacial score (nSPS) is 19.4. The fourth-order valence-corrected chi connectivity index (χ4v) is 2.24. The number of likely N-dealkylation sites (tertiary alicyclic amines) is 1. The van der Waals surface area contributed by atoms with Gasteiger partial charge in [0.05, 0.1) is 13.0 Å². The maximum Gasteiger partial charge on any atom is 0.224 e. The van der Waals surface area contributed by atoms with Crippen LogP contribution in [0.3, 0.4) is 0 Å². The number of amides is 1. The van der Waals surface area contributed by atoms with Crippen molar-refractivity contribution >= 4 is 5.91 Å². The van der Waals surface area contributed by atoms with Gasteiger partial charge in [0, 0.05) is 25.7 Å². The minimum atomic E-state index is 0.226. The summed E-state index contributed by atoms with van der Waals surface area (Å²) in [6.07, 6.45) is 3.61. The van der Waals surface area contributed by atoms with Gasteiger partial charge in [-0.15, -0.1) is 0 Å². The summed E-state index contributed by atoms with van der Waals surface area (Å²) in [5, 5.41) is 0. The van der Waals surface area contributed by atoms with Gasteiger partial charge in [0.2, 0.25) is 5.91 Å². The lowest BCUT2D eigenvalue weighted by molar-refractivity contribution is -0.133. The summed E-state index contributed by atoms with van der Waals surface area (Å²) in [7, 11) is 0. The Bertz CT molecular complexity index is 223. The summed E-state index contributed by atoms with van der Waals surface area (Å²) >= 11 is 0. The van der Waals surface area contributed by atoms with Gasteiger partial charge in [-0.2, -0.15) is 0 Å². The Hall–Kier alpha value is -0.610. The van der Waals surface area contributed by atoms with Crippen LogP contribution in [-0.2, 0) is 9.53 Å². The second kappa shape index (κ2) is 7.67. The van der Waals surface area contributed by atoms with Crippen molar-refractivity contribution in [1.82, 2.24) is 4.90 Å². The molecule has 0 aromatic carbocycles. The largest absolute Gasteiger partial charge is 0.381 e. The summed E-state index contributed by atoms with van der Waals surface area (Å²) in [5.74, 6) is 0.805. The molecule has 100 valence electrons. The summed E-state index contributed by atoms with van der Waals surface area (Å²) in [6, 6.07) is 0.250. The van der Waals surface area contributed by atoms with E-state index in [2.05, 4.69) is 13.8 Å². The minimum Gasteiger partial charge on any atom is -0.381 e. The Morgan fingerprint density at radius 2 is 2.06 bits per heavy atom. The zero-order valence-corrected chi connectivity index (χ0v) is 11.2. The van der Waals surface area contributed by atoms with Gasteiger partial charge < -0.3 is 15.4 Å². The molecule has 0 aromatic rings. The molecule has 1 saturated heterocycles. The van der Waals surface area contributed by atoms with Gasteiger partial charge in [0.25, 0.3) is 0 Å². The van der Waals surface area contributed by atoms with Gasteiger partial charge >= 0.3 is 0 Å². The van der Waals surface area contributed by atoms with Crippen LogP contribution in [0, 0.1) is 5.92 Å². The molecule has 1 rings (SSSR count). The monoisotopic (exact) mass is 242 g/mol. The molecule has 2 N–H and O–H groups in total. The standard InChI is InChI=1S/C13H26N2O2/c1-3-9-17-10-6-13(16)15-7-4-12(5-8-15)11(2)14/h11-12H,3-10,14H2,1-2H3. The third-order valence-electron chi connectivity index (χ3n) is 3.44. The van der Waals surface area contributed by atoms with E-state index in [9.17, 15) is 4.79 Å². The summed E-state index contributed by atoms with van der Waals surface area (Å²) in [4.78, 5) is 13.8. The number of carbonyl (C=O) groups excluding carboxylic acids is 1. The minimum absolute atomic E-state index is 0.226. The number of hydrogen-bond acceptors (Lipinski definition) is 3. The highest BCUT2D eigenvalue weighted by atomic mass is 16.5. The van der Waals surface area contributed by atoms with Gasteiger partial charge in [-0.05, 0) is 32.1 Å². The first kappa shape index (κ1) is 14.5. The molecular weight excluding hydrogens is 216 g/mol. The number of nitrogens with zero attached hydrogens (tertiary/aromatic N) is 1. The molecule has 1 heterocycles. The predicted molar refractivity (Wildman–Crippen MR) is 68.7 cm³/mol. The molecule has 17 heavy (non-hydrogen) atoms. The molecule has 4 heteroatoms. The molecule has 1 aliphatic heterocycles. The van der Waals surface area contributed by atoms with Gasteiger partial charge in [-0.3, -0.25) is 4.79 Å². The number of piperidine rings is 1. The van der Waals surface area contributed by atoms with Crippen LogP contribution >= 0.6 is 0 Å². The van der Waals surface area contributed by atoms with Crippen LogP contribution in [-0.4, -0.2) is 43.2 Å². The Morgan fingerprint density at radius 1 is 1.41 bits per heavy atom. The van der Waals surface area contributed by atoms with E-state index >= 15 is 0 Å². The van der Waals surface area contributed by atoms with E-state index in [0.717, 1.165) is 39.0 Å². The summed E-state index contributed by atoms with van der Waals surface area (Å²) in [5.41, 5.74) is 5.88. The molecule has 1 amide bonds. The third kappa shape index (κ3) is 5.04. The van der Waals surface area contributed by atoms with Gasteiger partial charge in [0.1, 0.15) is 0 Å². The fourth-order valence-electron chi connectivity index (χ4n) is 2.24. The van der Waals surface area contributed by atoms with E-state index in [4.69, 9.17) is 10.5 Å². The van der Waals surface area contributed by atoms with E-state index in [1.165, 1.54) is 0 Å². The molecule has 1 fully saturated rings. The molecule has 1 atom stereocenters. The molecular formula is C13H26N2O2. The zero-order chi connectivity index (χ0) is 12.7. The van der Waals surface area contributed by atoms with Crippen molar-refractivity contribution in [2.45, 2.75) is 45.6 Å². The highest BCUT2D eigenvalue weighted by Gasteiger charge is 2.24. The van der Waals surface area contributed by atoms with E-state index in [0.29, 0.717) is 18.9 Å². The van der Waals surface area contributed by atoms with Crippen LogP contribution in [0.25, 0.3) is 0 Å². The quantitative estimate of drug-likeness (QED) is 0.716. The average Bonchev–Trinajstić information content (AvgIpc) is 2.34. The Morgan fingerprint density at radius 3 is 2.59 bits per heavy atom. The molecule has 0 radical (unpaired) electrons. The van der Waals surface area contributed by atoms with Crippen LogP contribution in [0.5, 0.6) is 0 Å². The van der Waals surface area contributed by atoms with Crippen molar-refractivity contribution in [3.05, 3.63) is 0 Å². The maximum absolute atomic E-state index is 11.9. The van der Waals surface area contributed by atoms with Crippen LogP contribution in [0.2, 0.25) is 0 Å². The Labute approximate surface area is 104 Å². The van der Waals surface area contributed by atoms with E-state index < -0.39 is 0 Å². The third-order valence-corrected chi connectivity index (χ3v) is 3.44. The van der Waals surface area contributed by atoms with Crippen molar-refractivity contribution in [1.29, 1.82) is 0 Å². The van der Waals surface area contributed by atoms with Crippen molar-refractivity contribution in [3.8, 4) is 0 Å². The van der Waals surface area contributed by atoms with E-state index in [1.54, 1.807) is 0 Å². The van der Waals surface area contributed by atoms with Crippen LogP contribution in [0.4, 0.5) is 0 Å². The molecule has 0 spiro atoms. The maximum atomic E-state index is 11.9. The molecule has 0 aromatic heterocycles. The Kier molecular flexibility index (Phi) is 6.52. The second-order valence-electron chi connectivity index (χ2n) is 4.94. The van der Waals surface area contributed by atoms with Crippen LogP contribution in [0.15, 0.2) is 0 Å². The highest BCUT2D eigenvalue weighted by molar-refractivity contribution is 5.76. The lowest BCUT2D eigenvalue weighted by Crippen LogP contribution is -2.42. The predicted octanol–water partition coefficient (Wildman–Crippen LogP) is 1.39. The molecule has 0 aliphatic carbocycles. The first-order chi connectivity index (χ1) is 8.15. The van der Waals surface area contributed by atoms with Crippen molar-refractivity contribution < 1.29 is 9.53 Å². The summed E-state index contributed by atoms with van der Waals surface area (Å²) in [6.45, 7) is 7.15. The lowest BCUT2D eigenvalue weighted by Gasteiger charge is -2.33. The Balaban J connectivity index is 2.17. The average molecular weight is 242 g/mol.